The van der Waals surface area contributed by atoms with E-state index in [2.05, 4.69) is 9.71 Å². The van der Waals surface area contributed by atoms with E-state index in [9.17, 15) is 13.5 Å². The van der Waals surface area contributed by atoms with Gasteiger partial charge in [-0.15, -0.1) is 0 Å². The fourth-order valence-electron chi connectivity index (χ4n) is 2.99. The molecule has 0 saturated heterocycles. The largest absolute Gasteiger partial charge is 0.396 e. The van der Waals surface area contributed by atoms with Crippen molar-refractivity contribution in [2.75, 3.05) is 13.2 Å². The summed E-state index contributed by atoms with van der Waals surface area (Å²) < 4.78 is 29.1. The molecule has 0 aromatic carbocycles. The summed E-state index contributed by atoms with van der Waals surface area (Å²) in [5.74, 6) is 1.15. The third kappa shape index (κ3) is 3.84. The number of hydrogen-bond donors (Lipinski definition) is 2. The molecule has 2 atom stereocenters. The van der Waals surface area contributed by atoms with E-state index in [1.165, 1.54) is 0 Å². The molecule has 21 heavy (non-hydrogen) atoms. The van der Waals surface area contributed by atoms with Gasteiger partial charge in [0.05, 0.1) is 0 Å². The van der Waals surface area contributed by atoms with Gasteiger partial charge in [0, 0.05) is 25.9 Å². The Kier molecular flexibility index (Phi) is 5.40. The molecular formula is C14H25N3O3S. The van der Waals surface area contributed by atoms with Gasteiger partial charge < -0.3 is 9.67 Å². The SMILES string of the molecule is CCCn1cc(S(=O)(=O)NCC2CCCC2CO)nc1C. The van der Waals surface area contributed by atoms with Gasteiger partial charge in [0.2, 0.25) is 0 Å². The lowest BCUT2D eigenvalue weighted by molar-refractivity contribution is 0.195. The fourth-order valence-corrected chi connectivity index (χ4v) is 4.09. The highest BCUT2D eigenvalue weighted by molar-refractivity contribution is 7.89. The summed E-state index contributed by atoms with van der Waals surface area (Å²) >= 11 is 0. The molecule has 1 aliphatic carbocycles. The molecule has 2 rings (SSSR count). The number of aromatic nitrogens is 2. The number of aliphatic hydroxyl groups is 1. The molecule has 0 spiro atoms. The number of nitrogens with one attached hydrogen (secondary N) is 1. The van der Waals surface area contributed by atoms with Crippen molar-refractivity contribution >= 4 is 10.0 Å². The maximum atomic E-state index is 12.3. The van der Waals surface area contributed by atoms with Crippen LogP contribution in [0.25, 0.3) is 0 Å². The number of sulfonamides is 1. The number of hydrogen-bond acceptors (Lipinski definition) is 4. The molecule has 0 amide bonds. The lowest BCUT2D eigenvalue weighted by Gasteiger charge is -2.17. The van der Waals surface area contributed by atoms with E-state index in [1.54, 1.807) is 6.20 Å². The molecule has 7 heteroatoms. The van der Waals surface area contributed by atoms with Crippen molar-refractivity contribution in [2.24, 2.45) is 11.8 Å². The second kappa shape index (κ2) is 6.89. The highest BCUT2D eigenvalue weighted by Crippen LogP contribution is 2.30. The van der Waals surface area contributed by atoms with Crippen molar-refractivity contribution in [3.63, 3.8) is 0 Å². The van der Waals surface area contributed by atoms with Crippen LogP contribution in [0.3, 0.4) is 0 Å². The Balaban J connectivity index is 2.03. The van der Waals surface area contributed by atoms with Gasteiger partial charge in [0.15, 0.2) is 5.03 Å². The molecule has 0 radical (unpaired) electrons. The topological polar surface area (TPSA) is 84.2 Å². The number of imidazole rings is 1. The van der Waals surface area contributed by atoms with E-state index in [0.29, 0.717) is 12.4 Å². The first-order chi connectivity index (χ1) is 9.97. The van der Waals surface area contributed by atoms with Crippen LogP contribution in [-0.2, 0) is 16.6 Å². The average molecular weight is 315 g/mol. The summed E-state index contributed by atoms with van der Waals surface area (Å²) in [6.07, 6.45) is 5.54. The second-order valence-electron chi connectivity index (χ2n) is 5.81. The Bertz CT molecular complexity index is 568. The van der Waals surface area contributed by atoms with Crippen LogP contribution in [0.4, 0.5) is 0 Å². The summed E-state index contributed by atoms with van der Waals surface area (Å²) in [4.78, 5) is 4.15. The predicted octanol–water partition coefficient (Wildman–Crippen LogP) is 1.29. The lowest BCUT2D eigenvalue weighted by atomic mass is 9.97. The normalized spacial score (nSPS) is 22.8. The van der Waals surface area contributed by atoms with Gasteiger partial charge in [-0.25, -0.2) is 18.1 Å². The maximum Gasteiger partial charge on any atom is 0.259 e. The number of aliphatic hydroxyl groups excluding tert-OH is 1. The van der Waals surface area contributed by atoms with Gasteiger partial charge >= 0.3 is 0 Å². The third-order valence-electron chi connectivity index (χ3n) is 4.28. The monoisotopic (exact) mass is 315 g/mol. The summed E-state index contributed by atoms with van der Waals surface area (Å²) in [6.45, 7) is 5.14. The first-order valence-corrected chi connectivity index (χ1v) is 9.10. The third-order valence-corrected chi connectivity index (χ3v) is 5.57. The number of rotatable bonds is 7. The van der Waals surface area contributed by atoms with Crippen LogP contribution in [0.2, 0.25) is 0 Å². The van der Waals surface area contributed by atoms with E-state index in [1.807, 2.05) is 18.4 Å². The second-order valence-corrected chi connectivity index (χ2v) is 7.52. The summed E-state index contributed by atoms with van der Waals surface area (Å²) in [5, 5.41) is 9.38. The minimum atomic E-state index is -3.56. The lowest BCUT2D eigenvalue weighted by Crippen LogP contribution is -2.32. The zero-order valence-corrected chi connectivity index (χ0v) is 13.6. The molecule has 1 fully saturated rings. The van der Waals surface area contributed by atoms with E-state index in [0.717, 1.165) is 32.2 Å². The van der Waals surface area contributed by atoms with Crippen molar-refractivity contribution in [1.29, 1.82) is 0 Å². The molecule has 1 aromatic rings. The molecule has 2 N–H and O–H groups in total. The van der Waals surface area contributed by atoms with Gasteiger partial charge in [-0.2, -0.15) is 0 Å². The Morgan fingerprint density at radius 3 is 2.81 bits per heavy atom. The summed E-state index contributed by atoms with van der Waals surface area (Å²) in [5.41, 5.74) is 0. The molecule has 0 bridgehead atoms. The van der Waals surface area contributed by atoms with Crippen molar-refractivity contribution in [2.45, 2.75) is 51.1 Å². The Morgan fingerprint density at radius 2 is 2.14 bits per heavy atom. The van der Waals surface area contributed by atoms with E-state index in [4.69, 9.17) is 0 Å². The number of aryl methyl sites for hydroxylation is 2. The molecule has 1 aliphatic rings. The maximum absolute atomic E-state index is 12.3. The summed E-state index contributed by atoms with van der Waals surface area (Å²) in [7, 11) is -3.56. The smallest absolute Gasteiger partial charge is 0.259 e. The Morgan fingerprint density at radius 1 is 1.43 bits per heavy atom. The fraction of sp³-hybridized carbons (Fsp3) is 0.786. The van der Waals surface area contributed by atoms with Crippen LogP contribution in [0.15, 0.2) is 11.2 Å². The summed E-state index contributed by atoms with van der Waals surface area (Å²) in [6, 6.07) is 0. The van der Waals surface area contributed by atoms with Crippen molar-refractivity contribution in [3.8, 4) is 0 Å². The molecule has 0 aliphatic heterocycles. The first kappa shape index (κ1) is 16.5. The molecular weight excluding hydrogens is 290 g/mol. The molecule has 1 heterocycles. The molecule has 1 saturated carbocycles. The van der Waals surface area contributed by atoms with Gasteiger partial charge in [-0.05, 0) is 38.0 Å². The zero-order valence-electron chi connectivity index (χ0n) is 12.7. The van der Waals surface area contributed by atoms with E-state index >= 15 is 0 Å². The van der Waals surface area contributed by atoms with Crippen LogP contribution < -0.4 is 4.72 Å². The van der Waals surface area contributed by atoms with Crippen molar-refractivity contribution < 1.29 is 13.5 Å². The molecule has 120 valence electrons. The quantitative estimate of drug-likeness (QED) is 0.794. The highest BCUT2D eigenvalue weighted by Gasteiger charge is 2.28. The highest BCUT2D eigenvalue weighted by atomic mass is 32.2. The van der Waals surface area contributed by atoms with Gasteiger partial charge in [0.1, 0.15) is 5.82 Å². The van der Waals surface area contributed by atoms with Crippen LogP contribution in [-0.4, -0.2) is 36.2 Å². The predicted molar refractivity (Wildman–Crippen MR) is 80.4 cm³/mol. The van der Waals surface area contributed by atoms with Crippen LogP contribution in [0, 0.1) is 18.8 Å². The van der Waals surface area contributed by atoms with Gasteiger partial charge in [0.25, 0.3) is 10.0 Å². The molecule has 1 aromatic heterocycles. The van der Waals surface area contributed by atoms with Crippen molar-refractivity contribution in [1.82, 2.24) is 14.3 Å². The van der Waals surface area contributed by atoms with Crippen LogP contribution in [0.5, 0.6) is 0 Å². The van der Waals surface area contributed by atoms with Gasteiger partial charge in [-0.3, -0.25) is 0 Å². The minimum Gasteiger partial charge on any atom is -0.396 e. The van der Waals surface area contributed by atoms with E-state index < -0.39 is 10.0 Å². The Labute approximate surface area is 126 Å². The average Bonchev–Trinajstić information content (AvgIpc) is 3.04. The van der Waals surface area contributed by atoms with Crippen molar-refractivity contribution in [3.05, 3.63) is 12.0 Å². The number of nitrogens with zero attached hydrogens (tertiary/aromatic N) is 2. The minimum absolute atomic E-state index is 0.0898. The first-order valence-electron chi connectivity index (χ1n) is 7.62. The Hall–Kier alpha value is -0.920. The van der Waals surface area contributed by atoms with Crippen LogP contribution in [0.1, 0.15) is 38.4 Å². The van der Waals surface area contributed by atoms with Gasteiger partial charge in [-0.1, -0.05) is 13.3 Å². The standard InChI is InChI=1S/C14H25N3O3S/c1-3-7-17-9-14(16-11(17)2)21(19,20)15-8-12-5-4-6-13(12)10-18/h9,12-13,15,18H,3-8,10H2,1-2H3. The zero-order chi connectivity index (χ0) is 15.5. The molecule has 6 nitrogen and oxygen atoms in total. The molecule has 2 unspecified atom stereocenters. The van der Waals surface area contributed by atoms with E-state index in [-0.39, 0.29) is 23.5 Å². The van der Waals surface area contributed by atoms with Crippen LogP contribution >= 0.6 is 0 Å².